The molecule has 1 aliphatic heterocycles. The first kappa shape index (κ1) is 13.8. The number of anilines is 2. The van der Waals surface area contributed by atoms with E-state index in [1.54, 1.807) is 18.7 Å². The highest BCUT2D eigenvalue weighted by molar-refractivity contribution is 7.99. The fourth-order valence-electron chi connectivity index (χ4n) is 2.17. The van der Waals surface area contributed by atoms with Crippen LogP contribution in [0.5, 0.6) is 0 Å². The Kier molecular flexibility index (Phi) is 3.71. The van der Waals surface area contributed by atoms with Crippen LogP contribution in [0.4, 0.5) is 11.4 Å². The van der Waals surface area contributed by atoms with Gasteiger partial charge in [0, 0.05) is 15.4 Å². The number of carbonyl (C=O) groups is 1. The fraction of sp³-hybridized carbons (Fsp3) is 0.118. The van der Waals surface area contributed by atoms with E-state index in [0.717, 1.165) is 21.2 Å². The van der Waals surface area contributed by atoms with Crippen molar-refractivity contribution in [2.75, 3.05) is 11.6 Å². The second-order valence-electron chi connectivity index (χ2n) is 4.81. The Balaban J connectivity index is 1.95. The third kappa shape index (κ3) is 2.67. The lowest BCUT2D eigenvalue weighted by Crippen LogP contribution is -2.25. The van der Waals surface area contributed by atoms with E-state index in [0.29, 0.717) is 5.57 Å². The maximum Gasteiger partial charge on any atom is 0.334 e. The molecule has 0 spiro atoms. The van der Waals surface area contributed by atoms with Gasteiger partial charge in [0.25, 0.3) is 0 Å². The zero-order valence-electron chi connectivity index (χ0n) is 11.7. The zero-order valence-corrected chi connectivity index (χ0v) is 12.5. The van der Waals surface area contributed by atoms with Gasteiger partial charge in [0.05, 0.1) is 11.4 Å². The molecule has 4 heteroatoms. The van der Waals surface area contributed by atoms with Crippen molar-refractivity contribution in [2.24, 2.45) is 0 Å². The van der Waals surface area contributed by atoms with Gasteiger partial charge in [0.1, 0.15) is 0 Å². The molecule has 0 aromatic heterocycles. The molecule has 106 valence electrons. The molecule has 0 amide bonds. The minimum Gasteiger partial charge on any atom is -0.441 e. The maximum absolute atomic E-state index is 11.7. The Morgan fingerprint density at radius 3 is 2.14 bits per heavy atom. The largest absolute Gasteiger partial charge is 0.441 e. The Morgan fingerprint density at radius 2 is 1.62 bits per heavy atom. The molecule has 3 rings (SSSR count). The van der Waals surface area contributed by atoms with Crippen LogP contribution in [0.25, 0.3) is 0 Å². The number of rotatable bonds is 3. The predicted octanol–water partition coefficient (Wildman–Crippen LogP) is 4.37. The molecular weight excluding hydrogens is 282 g/mol. The van der Waals surface area contributed by atoms with Crippen LogP contribution in [-0.2, 0) is 9.53 Å². The average molecular weight is 297 g/mol. The van der Waals surface area contributed by atoms with Gasteiger partial charge < -0.3 is 9.64 Å². The number of fused-ring (bicyclic) bond motifs is 2. The molecule has 0 saturated heterocycles. The van der Waals surface area contributed by atoms with Gasteiger partial charge in [-0.3, -0.25) is 0 Å². The molecule has 0 N–H and O–H groups in total. The zero-order chi connectivity index (χ0) is 14.8. The van der Waals surface area contributed by atoms with E-state index in [9.17, 15) is 4.79 Å². The summed E-state index contributed by atoms with van der Waals surface area (Å²) < 4.78 is 5.33. The normalized spacial score (nSPS) is 12.3. The molecule has 0 atom stereocenters. The van der Waals surface area contributed by atoms with Crippen molar-refractivity contribution in [2.45, 2.75) is 16.7 Å². The number of ether oxygens (including phenoxy) is 1. The highest BCUT2D eigenvalue weighted by Crippen LogP contribution is 2.47. The predicted molar refractivity (Wildman–Crippen MR) is 84.9 cm³/mol. The highest BCUT2D eigenvalue weighted by atomic mass is 32.2. The van der Waals surface area contributed by atoms with Crippen LogP contribution in [-0.4, -0.2) is 12.7 Å². The van der Waals surface area contributed by atoms with E-state index >= 15 is 0 Å². The summed E-state index contributed by atoms with van der Waals surface area (Å²) in [7, 11) is 0. The molecule has 0 aliphatic carbocycles. The van der Waals surface area contributed by atoms with Gasteiger partial charge in [-0.15, -0.1) is 0 Å². The monoisotopic (exact) mass is 297 g/mol. The van der Waals surface area contributed by atoms with Crippen molar-refractivity contribution in [1.82, 2.24) is 0 Å². The first-order valence-electron chi connectivity index (χ1n) is 6.63. The molecule has 21 heavy (non-hydrogen) atoms. The van der Waals surface area contributed by atoms with Crippen molar-refractivity contribution in [3.8, 4) is 0 Å². The molecule has 0 unspecified atom stereocenters. The third-order valence-corrected chi connectivity index (χ3v) is 4.34. The first-order chi connectivity index (χ1) is 10.2. The summed E-state index contributed by atoms with van der Waals surface area (Å²) in [6.45, 7) is 5.44. The van der Waals surface area contributed by atoms with Crippen molar-refractivity contribution in [1.29, 1.82) is 0 Å². The fourth-order valence-corrected chi connectivity index (χ4v) is 3.26. The first-order valence-corrected chi connectivity index (χ1v) is 7.44. The highest BCUT2D eigenvalue weighted by Gasteiger charge is 2.23. The third-order valence-electron chi connectivity index (χ3n) is 3.21. The number of hydrogen-bond acceptors (Lipinski definition) is 4. The molecule has 2 aromatic rings. The van der Waals surface area contributed by atoms with Crippen LogP contribution in [0, 0.1) is 0 Å². The summed E-state index contributed by atoms with van der Waals surface area (Å²) in [6.07, 6.45) is 0. The lowest BCUT2D eigenvalue weighted by Gasteiger charge is -2.32. The van der Waals surface area contributed by atoms with Crippen LogP contribution in [0.2, 0.25) is 0 Å². The van der Waals surface area contributed by atoms with E-state index in [1.807, 2.05) is 41.3 Å². The second kappa shape index (κ2) is 5.66. The van der Waals surface area contributed by atoms with Gasteiger partial charge in [-0.25, -0.2) is 4.79 Å². The average Bonchev–Trinajstić information content (AvgIpc) is 2.51. The van der Waals surface area contributed by atoms with Crippen LogP contribution >= 0.6 is 11.8 Å². The summed E-state index contributed by atoms with van der Waals surface area (Å²) in [6, 6.07) is 16.2. The van der Waals surface area contributed by atoms with Crippen molar-refractivity contribution in [3.05, 3.63) is 60.7 Å². The van der Waals surface area contributed by atoms with Gasteiger partial charge in [0.2, 0.25) is 0 Å². The summed E-state index contributed by atoms with van der Waals surface area (Å²) in [5.41, 5.74) is 2.51. The summed E-state index contributed by atoms with van der Waals surface area (Å²) in [5, 5.41) is 0. The van der Waals surface area contributed by atoms with Gasteiger partial charge in [-0.05, 0) is 31.2 Å². The quantitative estimate of drug-likeness (QED) is 0.621. The molecule has 2 aromatic carbocycles. The lowest BCUT2D eigenvalue weighted by molar-refractivity contribution is -0.138. The molecule has 0 saturated carbocycles. The van der Waals surface area contributed by atoms with Gasteiger partial charge in [-0.1, -0.05) is 42.6 Å². The van der Waals surface area contributed by atoms with Crippen LogP contribution in [0.1, 0.15) is 6.92 Å². The molecule has 0 bridgehead atoms. The van der Waals surface area contributed by atoms with Crippen molar-refractivity contribution < 1.29 is 9.53 Å². The Bertz CT molecular complexity index is 666. The van der Waals surface area contributed by atoms with Crippen LogP contribution < -0.4 is 4.90 Å². The number of hydrogen-bond donors (Lipinski definition) is 0. The van der Waals surface area contributed by atoms with E-state index < -0.39 is 0 Å². The standard InChI is InChI=1S/C17H15NO2S/c1-12(2)17(19)20-11-18-13-7-3-5-9-15(13)21-16-10-6-4-8-14(16)18/h3-10H,1,11H2,2H3. The van der Waals surface area contributed by atoms with Crippen LogP contribution in [0.15, 0.2) is 70.5 Å². The van der Waals surface area contributed by atoms with Gasteiger partial charge >= 0.3 is 5.97 Å². The van der Waals surface area contributed by atoms with Crippen molar-refractivity contribution >= 4 is 29.1 Å². The molecule has 0 fully saturated rings. The minimum absolute atomic E-state index is 0.181. The summed E-state index contributed by atoms with van der Waals surface area (Å²) in [4.78, 5) is 16.0. The van der Waals surface area contributed by atoms with Crippen LogP contribution in [0.3, 0.4) is 0 Å². The van der Waals surface area contributed by atoms with Gasteiger partial charge in [-0.2, -0.15) is 0 Å². The topological polar surface area (TPSA) is 29.5 Å². The lowest BCUT2D eigenvalue weighted by atomic mass is 10.2. The number of esters is 1. The molecule has 3 nitrogen and oxygen atoms in total. The Hall–Kier alpha value is -2.20. The van der Waals surface area contributed by atoms with Gasteiger partial charge in [0.15, 0.2) is 6.73 Å². The van der Waals surface area contributed by atoms with Crippen molar-refractivity contribution in [3.63, 3.8) is 0 Å². The minimum atomic E-state index is -0.372. The Morgan fingerprint density at radius 1 is 1.10 bits per heavy atom. The summed E-state index contributed by atoms with van der Waals surface area (Å²) in [5.74, 6) is -0.372. The van der Waals surface area contributed by atoms with E-state index in [-0.39, 0.29) is 12.7 Å². The molecular formula is C17H15NO2S. The second-order valence-corrected chi connectivity index (χ2v) is 5.89. The molecule has 0 radical (unpaired) electrons. The molecule has 1 aliphatic rings. The SMILES string of the molecule is C=C(C)C(=O)OCN1c2ccccc2Sc2ccccc21. The number of nitrogens with zero attached hydrogens (tertiary/aromatic N) is 1. The maximum atomic E-state index is 11.7. The van der Waals surface area contributed by atoms with E-state index in [2.05, 4.69) is 18.7 Å². The van der Waals surface area contributed by atoms with E-state index in [4.69, 9.17) is 4.74 Å². The number of carbonyl (C=O) groups excluding carboxylic acids is 1. The smallest absolute Gasteiger partial charge is 0.334 e. The molecule has 1 heterocycles. The number of para-hydroxylation sites is 2. The summed E-state index contributed by atoms with van der Waals surface area (Å²) >= 11 is 1.73. The Labute approximate surface area is 128 Å². The van der Waals surface area contributed by atoms with E-state index in [1.165, 1.54) is 0 Å². The number of benzene rings is 2.